The first-order valence-electron chi connectivity index (χ1n) is 6.99. The summed E-state index contributed by atoms with van der Waals surface area (Å²) in [6.07, 6.45) is 2.83. The van der Waals surface area contributed by atoms with E-state index in [0.29, 0.717) is 6.61 Å². The maximum absolute atomic E-state index is 5.94. The highest BCUT2D eigenvalue weighted by atomic mass is 16.5. The number of pyridine rings is 1. The molecule has 5 nitrogen and oxygen atoms in total. The van der Waals surface area contributed by atoms with Gasteiger partial charge < -0.3 is 10.5 Å². The van der Waals surface area contributed by atoms with Crippen LogP contribution < -0.4 is 10.5 Å². The fraction of sp³-hybridized carbons (Fsp3) is 0.250. The highest BCUT2D eigenvalue weighted by molar-refractivity contribution is 5.53. The molecule has 0 spiro atoms. The first-order valence-corrected chi connectivity index (χ1v) is 6.99. The molecule has 0 amide bonds. The van der Waals surface area contributed by atoms with Gasteiger partial charge >= 0.3 is 0 Å². The Morgan fingerprint density at radius 3 is 2.90 bits per heavy atom. The number of nitrogens with zero attached hydrogens (tertiary/aromatic N) is 3. The molecule has 0 saturated carbocycles. The molecule has 2 N–H and O–H groups in total. The van der Waals surface area contributed by atoms with E-state index in [0.717, 1.165) is 34.9 Å². The predicted octanol–water partition coefficient (Wildman–Crippen LogP) is 2.76. The van der Waals surface area contributed by atoms with Gasteiger partial charge in [-0.05, 0) is 42.7 Å². The van der Waals surface area contributed by atoms with Crippen LogP contribution in [0.3, 0.4) is 0 Å². The van der Waals surface area contributed by atoms with Crippen LogP contribution in [0.2, 0.25) is 0 Å². The Morgan fingerprint density at radius 1 is 1.24 bits per heavy atom. The number of aryl methyl sites for hydroxylation is 2. The average Bonchev–Trinajstić information content (AvgIpc) is 2.88. The van der Waals surface area contributed by atoms with E-state index in [1.165, 1.54) is 5.56 Å². The molecule has 0 atom stereocenters. The van der Waals surface area contributed by atoms with Crippen LogP contribution in [0.25, 0.3) is 5.65 Å². The summed E-state index contributed by atoms with van der Waals surface area (Å²) in [5.41, 5.74) is 9.69. The molecule has 21 heavy (non-hydrogen) atoms. The van der Waals surface area contributed by atoms with E-state index in [1.807, 2.05) is 41.8 Å². The number of anilines is 1. The van der Waals surface area contributed by atoms with Gasteiger partial charge in [-0.3, -0.25) is 4.40 Å². The topological polar surface area (TPSA) is 65.4 Å². The Kier molecular flexibility index (Phi) is 3.48. The molecule has 108 valence electrons. The molecule has 0 unspecified atom stereocenters. The van der Waals surface area contributed by atoms with E-state index >= 15 is 0 Å². The monoisotopic (exact) mass is 282 g/mol. The number of nitrogen functional groups attached to an aromatic ring is 1. The summed E-state index contributed by atoms with van der Waals surface area (Å²) in [5, 5.41) is 8.31. The maximum Gasteiger partial charge on any atom is 0.175 e. The number of benzene rings is 1. The summed E-state index contributed by atoms with van der Waals surface area (Å²) in [7, 11) is 0. The van der Waals surface area contributed by atoms with Gasteiger partial charge in [0, 0.05) is 6.20 Å². The van der Waals surface area contributed by atoms with Crippen molar-refractivity contribution in [3.8, 4) is 5.75 Å². The molecule has 2 heterocycles. The minimum atomic E-state index is 0.358. The Bertz CT molecular complexity index is 779. The third-order valence-corrected chi connectivity index (χ3v) is 3.54. The third-order valence-electron chi connectivity index (χ3n) is 3.54. The zero-order chi connectivity index (χ0) is 14.8. The second-order valence-corrected chi connectivity index (χ2v) is 5.05. The highest BCUT2D eigenvalue weighted by Crippen LogP contribution is 2.17. The molecule has 0 aliphatic carbocycles. The standard InChI is InChI=1S/C16H18N4O/c1-3-12-5-4-6-13(8-12)21-10-16-19-18-15-7-11(2)14(17)9-20(15)16/h4-9H,3,10,17H2,1-2H3. The van der Waals surface area contributed by atoms with Gasteiger partial charge in [-0.25, -0.2) is 0 Å². The van der Waals surface area contributed by atoms with Crippen molar-refractivity contribution in [3.05, 3.63) is 53.5 Å². The van der Waals surface area contributed by atoms with E-state index in [-0.39, 0.29) is 0 Å². The first-order chi connectivity index (χ1) is 10.2. The molecule has 0 aliphatic heterocycles. The lowest BCUT2D eigenvalue weighted by molar-refractivity contribution is 0.294. The molecule has 0 saturated heterocycles. The molecule has 0 radical (unpaired) electrons. The number of ether oxygens (including phenoxy) is 1. The van der Waals surface area contributed by atoms with E-state index in [9.17, 15) is 0 Å². The van der Waals surface area contributed by atoms with Crippen LogP contribution in [0.4, 0.5) is 5.69 Å². The van der Waals surface area contributed by atoms with E-state index in [1.54, 1.807) is 0 Å². The highest BCUT2D eigenvalue weighted by Gasteiger charge is 2.08. The molecule has 0 fully saturated rings. The van der Waals surface area contributed by atoms with Gasteiger partial charge in [-0.2, -0.15) is 0 Å². The van der Waals surface area contributed by atoms with Gasteiger partial charge in [-0.1, -0.05) is 19.1 Å². The number of rotatable bonds is 4. The van der Waals surface area contributed by atoms with Crippen molar-refractivity contribution in [2.24, 2.45) is 0 Å². The molecule has 3 rings (SSSR count). The molecule has 3 aromatic rings. The summed E-state index contributed by atoms with van der Waals surface area (Å²) < 4.78 is 7.67. The number of hydrogen-bond acceptors (Lipinski definition) is 4. The van der Waals surface area contributed by atoms with Crippen LogP contribution in [-0.2, 0) is 13.0 Å². The van der Waals surface area contributed by atoms with Crippen molar-refractivity contribution in [3.63, 3.8) is 0 Å². The smallest absolute Gasteiger partial charge is 0.175 e. The quantitative estimate of drug-likeness (QED) is 0.799. The van der Waals surface area contributed by atoms with Gasteiger partial charge in [0.05, 0.1) is 5.69 Å². The van der Waals surface area contributed by atoms with Crippen LogP contribution in [0.15, 0.2) is 36.5 Å². The van der Waals surface area contributed by atoms with Crippen molar-refractivity contribution in [1.82, 2.24) is 14.6 Å². The van der Waals surface area contributed by atoms with Gasteiger partial charge in [-0.15, -0.1) is 10.2 Å². The average molecular weight is 282 g/mol. The molecule has 0 aliphatic rings. The summed E-state index contributed by atoms with van der Waals surface area (Å²) in [4.78, 5) is 0. The number of fused-ring (bicyclic) bond motifs is 1. The minimum absolute atomic E-state index is 0.358. The Hall–Kier alpha value is -2.56. The molecular weight excluding hydrogens is 264 g/mol. The van der Waals surface area contributed by atoms with Gasteiger partial charge in [0.1, 0.15) is 12.4 Å². The zero-order valence-electron chi connectivity index (χ0n) is 12.2. The summed E-state index contributed by atoms with van der Waals surface area (Å²) in [5.74, 6) is 1.57. The van der Waals surface area contributed by atoms with Crippen LogP contribution >= 0.6 is 0 Å². The normalized spacial score (nSPS) is 11.0. The third kappa shape index (κ3) is 2.67. The van der Waals surface area contributed by atoms with Crippen molar-refractivity contribution in [1.29, 1.82) is 0 Å². The van der Waals surface area contributed by atoms with E-state index in [2.05, 4.69) is 23.2 Å². The summed E-state index contributed by atoms with van der Waals surface area (Å²) in [6, 6.07) is 9.99. The number of aromatic nitrogens is 3. The van der Waals surface area contributed by atoms with E-state index in [4.69, 9.17) is 10.5 Å². The van der Waals surface area contributed by atoms with Gasteiger partial charge in [0.25, 0.3) is 0 Å². The molecule has 5 heteroatoms. The lowest BCUT2D eigenvalue weighted by atomic mass is 10.2. The fourth-order valence-corrected chi connectivity index (χ4v) is 2.20. The Labute approximate surface area is 123 Å². The van der Waals surface area contributed by atoms with Crippen LogP contribution in [0, 0.1) is 6.92 Å². The predicted molar refractivity (Wildman–Crippen MR) is 82.3 cm³/mol. The molecular formula is C16H18N4O. The van der Waals surface area contributed by atoms with Crippen LogP contribution in [-0.4, -0.2) is 14.6 Å². The van der Waals surface area contributed by atoms with Crippen molar-refractivity contribution in [2.45, 2.75) is 26.9 Å². The first kappa shape index (κ1) is 13.4. The lowest BCUT2D eigenvalue weighted by Crippen LogP contribution is -2.03. The number of nitrogens with two attached hydrogens (primary N) is 1. The van der Waals surface area contributed by atoms with Gasteiger partial charge in [0.15, 0.2) is 11.5 Å². The van der Waals surface area contributed by atoms with Crippen molar-refractivity contribution >= 4 is 11.3 Å². The minimum Gasteiger partial charge on any atom is -0.486 e. The van der Waals surface area contributed by atoms with Gasteiger partial charge in [0.2, 0.25) is 0 Å². The summed E-state index contributed by atoms with van der Waals surface area (Å²) >= 11 is 0. The second kappa shape index (κ2) is 5.44. The molecule has 0 bridgehead atoms. The van der Waals surface area contributed by atoms with Crippen molar-refractivity contribution in [2.75, 3.05) is 5.73 Å². The van der Waals surface area contributed by atoms with E-state index < -0.39 is 0 Å². The second-order valence-electron chi connectivity index (χ2n) is 5.05. The van der Waals surface area contributed by atoms with Crippen LogP contribution in [0.5, 0.6) is 5.75 Å². The Balaban J connectivity index is 1.83. The zero-order valence-corrected chi connectivity index (χ0v) is 12.2. The van der Waals surface area contributed by atoms with Crippen molar-refractivity contribution < 1.29 is 4.74 Å². The fourth-order valence-electron chi connectivity index (χ4n) is 2.20. The molecule has 1 aromatic carbocycles. The van der Waals surface area contributed by atoms with Crippen LogP contribution in [0.1, 0.15) is 23.9 Å². The lowest BCUT2D eigenvalue weighted by Gasteiger charge is -2.07. The number of hydrogen-bond donors (Lipinski definition) is 1. The molecule has 2 aromatic heterocycles. The maximum atomic E-state index is 5.94. The SMILES string of the molecule is CCc1cccc(OCc2nnc3cc(C)c(N)cn23)c1. The largest absolute Gasteiger partial charge is 0.486 e. The summed E-state index contributed by atoms with van der Waals surface area (Å²) in [6.45, 7) is 4.43. The Morgan fingerprint density at radius 2 is 2.10 bits per heavy atom.